The Balaban J connectivity index is 1.66. The van der Waals surface area contributed by atoms with E-state index in [9.17, 15) is 5.11 Å². The highest BCUT2D eigenvalue weighted by atomic mass is 16.5. The minimum Gasteiger partial charge on any atom is -0.490 e. The maximum atomic E-state index is 9.84. The van der Waals surface area contributed by atoms with Gasteiger partial charge in [-0.3, -0.25) is 9.80 Å². The van der Waals surface area contributed by atoms with Crippen molar-refractivity contribution in [3.63, 3.8) is 0 Å². The van der Waals surface area contributed by atoms with Crippen LogP contribution in [0.5, 0.6) is 5.75 Å². The maximum absolute atomic E-state index is 9.84. The fourth-order valence-corrected chi connectivity index (χ4v) is 2.61. The van der Waals surface area contributed by atoms with Gasteiger partial charge in [-0.25, -0.2) is 0 Å². The topological polar surface area (TPSA) is 62.0 Å². The van der Waals surface area contributed by atoms with Crippen LogP contribution in [0, 0.1) is 0 Å². The number of ether oxygens (including phenoxy) is 1. The lowest BCUT2D eigenvalue weighted by atomic mass is 10.1. The Bertz CT molecular complexity index is 437. The number of β-amino-alcohol motifs (C(OH)–C–C–N with tert-alkyl or cyclic N) is 1. The molecule has 0 amide bonds. The number of piperazine rings is 1. The molecule has 0 unspecified atom stereocenters. The summed E-state index contributed by atoms with van der Waals surface area (Å²) in [6, 6.07) is 7.59. The first kappa shape index (κ1) is 16.1. The quantitative estimate of drug-likeness (QED) is 0.767. The molecule has 0 bridgehead atoms. The molecular formula is C16H27N3O2. The first-order valence-corrected chi connectivity index (χ1v) is 7.58. The molecule has 5 nitrogen and oxygen atoms in total. The van der Waals surface area contributed by atoms with Crippen molar-refractivity contribution >= 4 is 5.69 Å². The van der Waals surface area contributed by atoms with Crippen molar-refractivity contribution in [2.24, 2.45) is 0 Å². The van der Waals surface area contributed by atoms with Crippen molar-refractivity contribution in [2.45, 2.75) is 19.4 Å². The summed E-state index contributed by atoms with van der Waals surface area (Å²) in [5, 5.41) is 9.84. The average Bonchev–Trinajstić information content (AvgIpc) is 2.41. The van der Waals surface area contributed by atoms with Crippen LogP contribution >= 0.6 is 0 Å². The van der Waals surface area contributed by atoms with Crippen LogP contribution in [0.2, 0.25) is 0 Å². The fraction of sp³-hybridized carbons (Fsp3) is 0.625. The lowest BCUT2D eigenvalue weighted by Crippen LogP contribution is -2.51. The van der Waals surface area contributed by atoms with Gasteiger partial charge in [0.25, 0.3) is 0 Å². The van der Waals surface area contributed by atoms with E-state index in [1.165, 1.54) is 0 Å². The van der Waals surface area contributed by atoms with Crippen LogP contribution in [0.4, 0.5) is 5.69 Å². The van der Waals surface area contributed by atoms with Gasteiger partial charge in [0.2, 0.25) is 0 Å². The first-order chi connectivity index (χ1) is 9.94. The summed E-state index contributed by atoms with van der Waals surface area (Å²) in [5.41, 5.74) is 5.92. The predicted molar refractivity (Wildman–Crippen MR) is 85.5 cm³/mol. The molecule has 0 spiro atoms. The number of benzene rings is 1. The van der Waals surface area contributed by atoms with Crippen molar-refractivity contribution in [3.8, 4) is 5.75 Å². The zero-order valence-electron chi connectivity index (χ0n) is 13.1. The lowest BCUT2D eigenvalue weighted by molar-refractivity contribution is 0.0162. The van der Waals surface area contributed by atoms with Crippen LogP contribution in [0.1, 0.15) is 13.8 Å². The zero-order chi connectivity index (χ0) is 15.3. The molecule has 1 aromatic carbocycles. The Morgan fingerprint density at radius 3 is 2.38 bits per heavy atom. The van der Waals surface area contributed by atoms with E-state index in [1.807, 2.05) is 38.1 Å². The lowest BCUT2D eigenvalue weighted by Gasteiger charge is -2.37. The third-order valence-electron chi connectivity index (χ3n) is 3.66. The van der Waals surface area contributed by atoms with E-state index in [1.54, 1.807) is 0 Å². The molecule has 0 radical (unpaired) electrons. The Labute approximate surface area is 127 Å². The van der Waals surface area contributed by atoms with E-state index in [4.69, 9.17) is 10.5 Å². The van der Waals surface area contributed by atoms with Crippen molar-refractivity contribution in [1.82, 2.24) is 9.80 Å². The van der Waals surface area contributed by atoms with Crippen LogP contribution in [0.15, 0.2) is 24.3 Å². The number of hydrogen-bond donors (Lipinski definition) is 2. The Morgan fingerprint density at radius 2 is 1.76 bits per heavy atom. The number of nitrogen functional groups attached to an aromatic ring is 1. The van der Waals surface area contributed by atoms with Gasteiger partial charge in [0.1, 0.15) is 12.4 Å². The van der Waals surface area contributed by atoms with E-state index < -0.39 is 5.60 Å². The van der Waals surface area contributed by atoms with Gasteiger partial charge in [-0.05, 0) is 26.0 Å². The summed E-state index contributed by atoms with van der Waals surface area (Å²) in [6.07, 6.45) is 0. The zero-order valence-corrected chi connectivity index (χ0v) is 13.1. The second-order valence-electron chi connectivity index (χ2n) is 6.32. The van der Waals surface area contributed by atoms with Gasteiger partial charge < -0.3 is 15.6 Å². The van der Waals surface area contributed by atoms with E-state index >= 15 is 0 Å². The number of nitrogens with two attached hydrogens (primary N) is 1. The van der Waals surface area contributed by atoms with Crippen molar-refractivity contribution in [2.75, 3.05) is 51.6 Å². The largest absolute Gasteiger partial charge is 0.490 e. The third kappa shape index (κ3) is 5.53. The molecule has 1 heterocycles. The maximum Gasteiger partial charge on any atom is 0.142 e. The average molecular weight is 293 g/mol. The normalized spacial score (nSPS) is 17.9. The molecule has 3 N–H and O–H groups in total. The standard InChI is InChI=1S/C16H27N3O2/c1-16(2,20)13-19-9-7-18(8-10-19)11-12-21-15-6-4-3-5-14(15)17/h3-6,20H,7-13,17H2,1-2H3. The Morgan fingerprint density at radius 1 is 1.14 bits per heavy atom. The van der Waals surface area contributed by atoms with E-state index in [0.717, 1.165) is 45.0 Å². The first-order valence-electron chi connectivity index (χ1n) is 7.58. The van der Waals surface area contributed by atoms with Crippen molar-refractivity contribution < 1.29 is 9.84 Å². The highest BCUT2D eigenvalue weighted by molar-refractivity contribution is 5.51. The monoisotopic (exact) mass is 293 g/mol. The smallest absolute Gasteiger partial charge is 0.142 e. The number of anilines is 1. The number of para-hydroxylation sites is 2. The van der Waals surface area contributed by atoms with Gasteiger partial charge in [-0.15, -0.1) is 0 Å². The van der Waals surface area contributed by atoms with Gasteiger partial charge >= 0.3 is 0 Å². The summed E-state index contributed by atoms with van der Waals surface area (Å²) in [4.78, 5) is 4.70. The highest BCUT2D eigenvalue weighted by Crippen LogP contribution is 2.19. The highest BCUT2D eigenvalue weighted by Gasteiger charge is 2.22. The summed E-state index contributed by atoms with van der Waals surface area (Å²) in [7, 11) is 0. The Hall–Kier alpha value is -1.30. The van der Waals surface area contributed by atoms with Crippen LogP contribution in [-0.2, 0) is 0 Å². The van der Waals surface area contributed by atoms with E-state index in [2.05, 4.69) is 9.80 Å². The molecule has 0 atom stereocenters. The molecule has 2 rings (SSSR count). The SMILES string of the molecule is CC(C)(O)CN1CCN(CCOc2ccccc2N)CC1. The van der Waals surface area contributed by atoms with Crippen LogP contribution in [-0.4, -0.2) is 66.4 Å². The molecule has 1 aromatic rings. The summed E-state index contributed by atoms with van der Waals surface area (Å²) in [6.45, 7) is 10.0. The van der Waals surface area contributed by atoms with Gasteiger partial charge in [0.15, 0.2) is 0 Å². The molecular weight excluding hydrogens is 266 g/mol. The van der Waals surface area contributed by atoms with Gasteiger partial charge in [0.05, 0.1) is 11.3 Å². The summed E-state index contributed by atoms with van der Waals surface area (Å²) < 4.78 is 5.73. The number of aliphatic hydroxyl groups is 1. The van der Waals surface area contributed by atoms with Crippen molar-refractivity contribution in [3.05, 3.63) is 24.3 Å². The second kappa shape index (κ2) is 7.11. The molecule has 21 heavy (non-hydrogen) atoms. The van der Waals surface area contributed by atoms with Crippen molar-refractivity contribution in [1.29, 1.82) is 0 Å². The van der Waals surface area contributed by atoms with Crippen LogP contribution in [0.3, 0.4) is 0 Å². The van der Waals surface area contributed by atoms with E-state index in [0.29, 0.717) is 12.3 Å². The second-order valence-corrected chi connectivity index (χ2v) is 6.32. The minimum absolute atomic E-state index is 0.615. The number of nitrogens with zero attached hydrogens (tertiary/aromatic N) is 2. The van der Waals surface area contributed by atoms with Gasteiger partial charge in [-0.2, -0.15) is 0 Å². The van der Waals surface area contributed by atoms with Crippen LogP contribution < -0.4 is 10.5 Å². The number of rotatable bonds is 6. The number of hydrogen-bond acceptors (Lipinski definition) is 5. The molecule has 1 aliphatic heterocycles. The fourth-order valence-electron chi connectivity index (χ4n) is 2.61. The molecule has 1 aliphatic rings. The van der Waals surface area contributed by atoms with Gasteiger partial charge in [-0.1, -0.05) is 12.1 Å². The summed E-state index contributed by atoms with van der Waals surface area (Å²) >= 11 is 0. The predicted octanol–water partition coefficient (Wildman–Crippen LogP) is 1.04. The van der Waals surface area contributed by atoms with Gasteiger partial charge in [0, 0.05) is 39.3 Å². The molecule has 0 aliphatic carbocycles. The molecule has 1 saturated heterocycles. The minimum atomic E-state index is -0.615. The van der Waals surface area contributed by atoms with E-state index in [-0.39, 0.29) is 0 Å². The molecule has 1 fully saturated rings. The van der Waals surface area contributed by atoms with Crippen LogP contribution in [0.25, 0.3) is 0 Å². The molecule has 5 heteroatoms. The third-order valence-corrected chi connectivity index (χ3v) is 3.66. The Kier molecular flexibility index (Phi) is 5.45. The molecule has 0 saturated carbocycles. The summed E-state index contributed by atoms with van der Waals surface area (Å²) in [5.74, 6) is 0.762. The molecule has 0 aromatic heterocycles. The molecule has 118 valence electrons.